The largest absolute Gasteiger partial charge is 0.338 e. The molecule has 0 atom stereocenters. The Morgan fingerprint density at radius 3 is 2.95 bits per heavy atom. The fourth-order valence-corrected chi connectivity index (χ4v) is 2.44. The van der Waals surface area contributed by atoms with E-state index in [1.807, 2.05) is 13.0 Å². The van der Waals surface area contributed by atoms with E-state index in [-0.39, 0.29) is 5.82 Å². The molecule has 20 heavy (non-hydrogen) atoms. The summed E-state index contributed by atoms with van der Waals surface area (Å²) in [6.45, 7) is 5.65. The molecule has 6 heteroatoms. The third kappa shape index (κ3) is 2.80. The molecule has 0 saturated carbocycles. The molecule has 1 aromatic heterocycles. The Hall–Kier alpha value is -1.95. The number of hydrogen-bond acceptors (Lipinski definition) is 4. The summed E-state index contributed by atoms with van der Waals surface area (Å²) in [7, 11) is 0. The SMILES string of the molecule is Cc1cc(F)cc(-c2nc(N3CCCNCC3)n[nH]2)c1. The minimum Gasteiger partial charge on any atom is -0.338 e. The second kappa shape index (κ2) is 5.58. The molecule has 1 aromatic carbocycles. The second-order valence-electron chi connectivity index (χ2n) is 5.09. The summed E-state index contributed by atoms with van der Waals surface area (Å²) in [6, 6.07) is 4.87. The van der Waals surface area contributed by atoms with Crippen molar-refractivity contribution in [1.29, 1.82) is 0 Å². The zero-order valence-electron chi connectivity index (χ0n) is 11.5. The highest BCUT2D eigenvalue weighted by Gasteiger charge is 2.15. The Kier molecular flexibility index (Phi) is 3.64. The topological polar surface area (TPSA) is 56.8 Å². The maximum absolute atomic E-state index is 13.4. The van der Waals surface area contributed by atoms with E-state index in [0.717, 1.165) is 43.7 Å². The van der Waals surface area contributed by atoms with Gasteiger partial charge >= 0.3 is 0 Å². The molecule has 0 aliphatic carbocycles. The molecule has 3 rings (SSSR count). The van der Waals surface area contributed by atoms with Gasteiger partial charge in [-0.05, 0) is 43.7 Å². The van der Waals surface area contributed by atoms with Gasteiger partial charge in [0.1, 0.15) is 5.82 Å². The maximum Gasteiger partial charge on any atom is 0.245 e. The number of benzene rings is 1. The standard InChI is InChI=1S/C14H18FN5/c1-10-7-11(9-12(15)8-10)13-17-14(19-18-13)20-5-2-3-16-4-6-20/h7-9,16H,2-6H2,1H3,(H,17,18,19). The molecule has 5 nitrogen and oxygen atoms in total. The van der Waals surface area contributed by atoms with Crippen molar-refractivity contribution >= 4 is 5.95 Å². The molecule has 0 unspecified atom stereocenters. The fraction of sp³-hybridized carbons (Fsp3) is 0.429. The van der Waals surface area contributed by atoms with Crippen LogP contribution in [0.1, 0.15) is 12.0 Å². The van der Waals surface area contributed by atoms with Gasteiger partial charge in [0.15, 0.2) is 5.82 Å². The number of hydrogen-bond donors (Lipinski definition) is 2. The normalized spacial score (nSPS) is 16.2. The highest BCUT2D eigenvalue weighted by Crippen LogP contribution is 2.20. The molecule has 106 valence electrons. The first-order valence-electron chi connectivity index (χ1n) is 6.88. The van der Waals surface area contributed by atoms with E-state index >= 15 is 0 Å². The Morgan fingerprint density at radius 1 is 1.20 bits per heavy atom. The van der Waals surface area contributed by atoms with Crippen molar-refractivity contribution in [3.63, 3.8) is 0 Å². The number of H-pyrrole nitrogens is 1. The lowest BCUT2D eigenvalue weighted by Crippen LogP contribution is -2.28. The van der Waals surface area contributed by atoms with Crippen molar-refractivity contribution in [1.82, 2.24) is 20.5 Å². The Balaban J connectivity index is 1.85. The van der Waals surface area contributed by atoms with Gasteiger partial charge in [-0.3, -0.25) is 5.10 Å². The van der Waals surface area contributed by atoms with Crippen molar-refractivity contribution in [2.24, 2.45) is 0 Å². The average Bonchev–Trinajstić information content (AvgIpc) is 2.74. The first-order valence-corrected chi connectivity index (χ1v) is 6.88. The van der Waals surface area contributed by atoms with Crippen molar-refractivity contribution in [2.45, 2.75) is 13.3 Å². The summed E-state index contributed by atoms with van der Waals surface area (Å²) in [4.78, 5) is 6.64. The highest BCUT2D eigenvalue weighted by molar-refractivity contribution is 5.57. The minimum absolute atomic E-state index is 0.253. The summed E-state index contributed by atoms with van der Waals surface area (Å²) in [5.41, 5.74) is 1.60. The lowest BCUT2D eigenvalue weighted by molar-refractivity contribution is 0.627. The zero-order chi connectivity index (χ0) is 13.9. The predicted octanol–water partition coefficient (Wildman–Crippen LogP) is 1.72. The van der Waals surface area contributed by atoms with Gasteiger partial charge in [-0.1, -0.05) is 0 Å². The van der Waals surface area contributed by atoms with Gasteiger partial charge in [-0.2, -0.15) is 4.98 Å². The molecule has 0 bridgehead atoms. The van der Waals surface area contributed by atoms with Gasteiger partial charge < -0.3 is 10.2 Å². The van der Waals surface area contributed by atoms with E-state index in [1.165, 1.54) is 12.1 Å². The van der Waals surface area contributed by atoms with E-state index in [1.54, 1.807) is 0 Å². The Labute approximate surface area is 117 Å². The van der Waals surface area contributed by atoms with Crippen LogP contribution in [-0.2, 0) is 0 Å². The molecular formula is C14H18FN5. The first kappa shape index (κ1) is 13.1. The summed E-state index contributed by atoms with van der Waals surface area (Å²) >= 11 is 0. The molecule has 0 amide bonds. The Morgan fingerprint density at radius 2 is 2.10 bits per heavy atom. The summed E-state index contributed by atoms with van der Waals surface area (Å²) in [5, 5.41) is 10.5. The highest BCUT2D eigenvalue weighted by atomic mass is 19.1. The number of aromatic nitrogens is 3. The zero-order valence-corrected chi connectivity index (χ0v) is 11.5. The van der Waals surface area contributed by atoms with Gasteiger partial charge in [0, 0.05) is 25.2 Å². The molecule has 2 heterocycles. The van der Waals surface area contributed by atoms with Crippen molar-refractivity contribution < 1.29 is 4.39 Å². The summed E-state index contributed by atoms with van der Waals surface area (Å²) in [5.74, 6) is 1.04. The van der Waals surface area contributed by atoms with Crippen molar-refractivity contribution in [2.75, 3.05) is 31.1 Å². The van der Waals surface area contributed by atoms with E-state index in [0.29, 0.717) is 11.8 Å². The molecule has 0 spiro atoms. The number of anilines is 1. The minimum atomic E-state index is -0.253. The number of nitrogens with zero attached hydrogens (tertiary/aromatic N) is 3. The Bertz CT molecular complexity index is 567. The van der Waals surface area contributed by atoms with Gasteiger partial charge in [-0.15, -0.1) is 5.10 Å². The number of halogens is 1. The monoisotopic (exact) mass is 275 g/mol. The molecule has 1 aliphatic heterocycles. The van der Waals surface area contributed by atoms with Gasteiger partial charge in [-0.25, -0.2) is 4.39 Å². The van der Waals surface area contributed by atoms with Crippen LogP contribution in [0.3, 0.4) is 0 Å². The van der Waals surface area contributed by atoms with Crippen LogP contribution < -0.4 is 10.2 Å². The van der Waals surface area contributed by atoms with Crippen LogP contribution in [0.15, 0.2) is 18.2 Å². The molecule has 1 fully saturated rings. The molecule has 1 saturated heterocycles. The molecule has 2 N–H and O–H groups in total. The van der Waals surface area contributed by atoms with Crippen molar-refractivity contribution in [3.05, 3.63) is 29.6 Å². The van der Waals surface area contributed by atoms with Crippen LogP contribution in [0.25, 0.3) is 11.4 Å². The van der Waals surface area contributed by atoms with Crippen LogP contribution in [0, 0.1) is 12.7 Å². The number of rotatable bonds is 2. The molecular weight excluding hydrogens is 257 g/mol. The van der Waals surface area contributed by atoms with Crippen LogP contribution in [0.4, 0.5) is 10.3 Å². The quantitative estimate of drug-likeness (QED) is 0.876. The van der Waals surface area contributed by atoms with Crippen LogP contribution in [0.5, 0.6) is 0 Å². The second-order valence-corrected chi connectivity index (χ2v) is 5.09. The van der Waals surface area contributed by atoms with E-state index < -0.39 is 0 Å². The predicted molar refractivity (Wildman–Crippen MR) is 76.2 cm³/mol. The number of aromatic amines is 1. The van der Waals surface area contributed by atoms with E-state index in [9.17, 15) is 4.39 Å². The smallest absolute Gasteiger partial charge is 0.245 e. The number of aryl methyl sites for hydroxylation is 1. The van der Waals surface area contributed by atoms with Gasteiger partial charge in [0.2, 0.25) is 5.95 Å². The molecule has 1 aliphatic rings. The van der Waals surface area contributed by atoms with E-state index in [2.05, 4.69) is 25.4 Å². The molecule has 2 aromatic rings. The van der Waals surface area contributed by atoms with Gasteiger partial charge in [0.25, 0.3) is 0 Å². The maximum atomic E-state index is 13.4. The lowest BCUT2D eigenvalue weighted by Gasteiger charge is -2.16. The van der Waals surface area contributed by atoms with Crippen LogP contribution in [0.2, 0.25) is 0 Å². The number of nitrogens with one attached hydrogen (secondary N) is 2. The van der Waals surface area contributed by atoms with E-state index in [4.69, 9.17) is 0 Å². The first-order chi connectivity index (χ1) is 9.72. The lowest BCUT2D eigenvalue weighted by atomic mass is 10.1. The third-order valence-corrected chi connectivity index (χ3v) is 3.41. The van der Waals surface area contributed by atoms with Crippen molar-refractivity contribution in [3.8, 4) is 11.4 Å². The fourth-order valence-electron chi connectivity index (χ4n) is 2.44. The summed E-state index contributed by atoms with van der Waals surface area (Å²) < 4.78 is 13.4. The third-order valence-electron chi connectivity index (χ3n) is 3.41. The summed E-state index contributed by atoms with van der Waals surface area (Å²) in [6.07, 6.45) is 1.07. The average molecular weight is 275 g/mol. The van der Waals surface area contributed by atoms with Crippen LogP contribution in [-0.4, -0.2) is 41.4 Å². The molecule has 0 radical (unpaired) electrons. The van der Waals surface area contributed by atoms with Gasteiger partial charge in [0.05, 0.1) is 0 Å². The van der Waals surface area contributed by atoms with Crippen LogP contribution >= 0.6 is 0 Å².